The van der Waals surface area contributed by atoms with Gasteiger partial charge in [-0.3, -0.25) is 4.72 Å². The van der Waals surface area contributed by atoms with Crippen LogP contribution in [0.4, 0.5) is 32.0 Å². The van der Waals surface area contributed by atoms with Gasteiger partial charge in [0.1, 0.15) is 11.9 Å². The number of sulfonamides is 1. The maximum atomic E-state index is 13.7. The number of alkyl halides is 6. The van der Waals surface area contributed by atoms with Gasteiger partial charge in [0.25, 0.3) is 10.0 Å². The average molecular weight is 605 g/mol. The molecule has 0 aliphatic carbocycles. The summed E-state index contributed by atoms with van der Waals surface area (Å²) in [5, 5.41) is 0. The van der Waals surface area contributed by atoms with Crippen molar-refractivity contribution in [3.63, 3.8) is 0 Å². The third kappa shape index (κ3) is 6.81. The fourth-order valence-corrected chi connectivity index (χ4v) is 5.75. The zero-order chi connectivity index (χ0) is 30.2. The van der Waals surface area contributed by atoms with E-state index in [1.807, 2.05) is 4.90 Å². The van der Waals surface area contributed by atoms with Crippen molar-refractivity contribution in [2.45, 2.75) is 29.8 Å². The topological polar surface area (TPSA) is 77.1 Å². The highest BCUT2D eigenvalue weighted by Gasteiger charge is 2.36. The molecule has 3 aromatic carbocycles. The van der Waals surface area contributed by atoms with E-state index >= 15 is 0 Å². The molecule has 0 bridgehead atoms. The van der Waals surface area contributed by atoms with Crippen LogP contribution in [0, 0.1) is 0 Å². The third-order valence-corrected chi connectivity index (χ3v) is 7.88. The lowest BCUT2D eigenvalue weighted by atomic mass is 10.0. The van der Waals surface area contributed by atoms with Crippen LogP contribution in [0.5, 0.6) is 17.2 Å². The van der Waals surface area contributed by atoms with Crippen LogP contribution >= 0.6 is 0 Å². The fourth-order valence-electron chi connectivity index (χ4n) is 4.47. The van der Waals surface area contributed by atoms with Gasteiger partial charge in [0.2, 0.25) is 0 Å². The highest BCUT2D eigenvalue weighted by atomic mass is 32.2. The van der Waals surface area contributed by atoms with Crippen molar-refractivity contribution in [1.82, 2.24) is 4.90 Å². The molecule has 0 spiro atoms. The molecule has 3 aromatic rings. The Hall–Kier alpha value is -3.65. The summed E-state index contributed by atoms with van der Waals surface area (Å²) in [5.41, 5.74) is -2.58. The van der Waals surface area contributed by atoms with Crippen LogP contribution in [0.25, 0.3) is 11.1 Å². The van der Waals surface area contributed by atoms with Crippen LogP contribution in [-0.4, -0.2) is 53.8 Å². The van der Waals surface area contributed by atoms with Crippen molar-refractivity contribution in [2.75, 3.05) is 39.1 Å². The summed E-state index contributed by atoms with van der Waals surface area (Å²) >= 11 is 0. The van der Waals surface area contributed by atoms with Gasteiger partial charge >= 0.3 is 12.4 Å². The lowest BCUT2D eigenvalue weighted by Crippen LogP contribution is -2.23. The van der Waals surface area contributed by atoms with E-state index in [0.717, 1.165) is 36.4 Å². The molecule has 1 aliphatic rings. The van der Waals surface area contributed by atoms with Gasteiger partial charge in [0.05, 0.1) is 35.9 Å². The van der Waals surface area contributed by atoms with Crippen LogP contribution in [0.3, 0.4) is 0 Å². The maximum absolute atomic E-state index is 13.7. The lowest BCUT2D eigenvalue weighted by molar-refractivity contribution is -0.139. The zero-order valence-electron chi connectivity index (χ0n) is 22.1. The summed E-state index contributed by atoms with van der Waals surface area (Å²) in [4.78, 5) is 1.39. The van der Waals surface area contributed by atoms with Crippen LogP contribution in [-0.2, 0) is 22.4 Å². The second-order valence-corrected chi connectivity index (χ2v) is 11.0. The first-order valence-corrected chi connectivity index (χ1v) is 13.6. The third-order valence-electron chi connectivity index (χ3n) is 6.46. The second kappa shape index (κ2) is 11.3. The Balaban J connectivity index is 1.79. The molecular formula is C27H26F6N2O5S. The van der Waals surface area contributed by atoms with Crippen LogP contribution in [0.2, 0.25) is 0 Å². The molecule has 0 radical (unpaired) electrons. The van der Waals surface area contributed by atoms with Gasteiger partial charge in [-0.25, -0.2) is 8.42 Å². The van der Waals surface area contributed by atoms with E-state index in [9.17, 15) is 34.8 Å². The number of nitrogens with one attached hydrogen (secondary N) is 1. The first kappa shape index (κ1) is 30.3. The number of rotatable bonds is 8. The normalized spacial score (nSPS) is 16.5. The number of benzene rings is 3. The molecule has 1 atom stereocenters. The minimum Gasteiger partial charge on any atom is -0.493 e. The summed E-state index contributed by atoms with van der Waals surface area (Å²) in [6.07, 6.45) is -9.52. The van der Waals surface area contributed by atoms with E-state index in [4.69, 9.17) is 14.2 Å². The van der Waals surface area contributed by atoms with Gasteiger partial charge in [0.15, 0.2) is 11.5 Å². The summed E-state index contributed by atoms with van der Waals surface area (Å²) in [5.74, 6) is -0.542. The molecule has 41 heavy (non-hydrogen) atoms. The number of likely N-dealkylation sites (N-methyl/N-ethyl adjacent to an activating group) is 1. The molecule has 222 valence electrons. The van der Waals surface area contributed by atoms with Crippen molar-refractivity contribution < 1.29 is 49.0 Å². The lowest BCUT2D eigenvalue weighted by Gasteiger charge is -2.20. The monoisotopic (exact) mass is 604 g/mol. The minimum atomic E-state index is -4.77. The molecular weight excluding hydrogens is 578 g/mol. The molecule has 1 heterocycles. The van der Waals surface area contributed by atoms with Crippen LogP contribution in [0.15, 0.2) is 59.5 Å². The van der Waals surface area contributed by atoms with Gasteiger partial charge in [-0.15, -0.1) is 0 Å². The van der Waals surface area contributed by atoms with Crippen molar-refractivity contribution in [3.8, 4) is 28.4 Å². The van der Waals surface area contributed by atoms with Crippen molar-refractivity contribution in [3.05, 3.63) is 65.7 Å². The summed E-state index contributed by atoms with van der Waals surface area (Å²) in [6, 6.07) is 8.87. The number of anilines is 1. The summed E-state index contributed by atoms with van der Waals surface area (Å²) in [6.45, 7) is 1.01. The maximum Gasteiger partial charge on any atom is 0.419 e. The number of nitrogens with zero attached hydrogens (tertiary/aromatic N) is 1. The molecule has 0 unspecified atom stereocenters. The predicted molar refractivity (Wildman–Crippen MR) is 139 cm³/mol. The number of hydrogen-bond acceptors (Lipinski definition) is 6. The zero-order valence-corrected chi connectivity index (χ0v) is 22.9. The van der Waals surface area contributed by atoms with Crippen molar-refractivity contribution >= 4 is 15.7 Å². The first-order chi connectivity index (χ1) is 19.1. The fraction of sp³-hybridized carbons (Fsp3) is 0.333. The molecule has 1 fully saturated rings. The molecule has 0 saturated carbocycles. The molecule has 14 heteroatoms. The van der Waals surface area contributed by atoms with Gasteiger partial charge in [-0.2, -0.15) is 26.3 Å². The molecule has 0 aromatic heterocycles. The largest absolute Gasteiger partial charge is 0.493 e. The van der Waals surface area contributed by atoms with E-state index in [0.29, 0.717) is 25.6 Å². The summed E-state index contributed by atoms with van der Waals surface area (Å²) < 4.78 is 127. The van der Waals surface area contributed by atoms with Crippen molar-refractivity contribution in [1.29, 1.82) is 0 Å². The van der Waals surface area contributed by atoms with Crippen LogP contribution in [0.1, 0.15) is 17.5 Å². The number of halogens is 6. The Labute approximate surface area is 232 Å². The standard InChI is InChI=1S/C27H26F6N2O5S/c1-35-10-9-19(15-35)40-22-12-18(7-8-21(22)27(31,32)33)34-41(36,37)25-14-24(39-3)23(38-2)13-20(25)16-5-4-6-17(11-16)26(28,29)30/h4-8,11-14,19,34H,9-10,15H2,1-3H3/t19-/m1/s1. The first-order valence-electron chi connectivity index (χ1n) is 12.2. The highest BCUT2D eigenvalue weighted by molar-refractivity contribution is 7.92. The van der Waals surface area contributed by atoms with E-state index in [1.54, 1.807) is 7.05 Å². The smallest absolute Gasteiger partial charge is 0.419 e. The van der Waals surface area contributed by atoms with Gasteiger partial charge in [-0.05, 0) is 49.4 Å². The van der Waals surface area contributed by atoms with Gasteiger partial charge < -0.3 is 19.1 Å². The van der Waals surface area contributed by atoms with E-state index in [2.05, 4.69) is 4.72 Å². The SMILES string of the molecule is COc1cc(-c2cccc(C(F)(F)F)c2)c(S(=O)(=O)Nc2ccc(C(F)(F)F)c(O[C@@H]3CCN(C)C3)c2)cc1OC. The molecule has 1 N–H and O–H groups in total. The number of hydrogen-bond donors (Lipinski definition) is 1. The van der Waals surface area contributed by atoms with E-state index < -0.39 is 50.3 Å². The minimum absolute atomic E-state index is 0.0367. The molecule has 1 saturated heterocycles. The van der Waals surface area contributed by atoms with E-state index in [1.165, 1.54) is 26.4 Å². The Bertz CT molecular complexity index is 1530. The molecule has 4 rings (SSSR count). The van der Waals surface area contributed by atoms with Crippen LogP contribution < -0.4 is 18.9 Å². The molecule has 0 amide bonds. The Kier molecular flexibility index (Phi) is 8.37. The molecule has 1 aliphatic heterocycles. The second-order valence-electron chi connectivity index (χ2n) is 9.39. The quantitative estimate of drug-likeness (QED) is 0.305. The predicted octanol–water partition coefficient (Wildman–Crippen LogP) is 6.29. The highest BCUT2D eigenvalue weighted by Crippen LogP contribution is 2.42. The average Bonchev–Trinajstić information content (AvgIpc) is 3.30. The van der Waals surface area contributed by atoms with Gasteiger partial charge in [-0.1, -0.05) is 12.1 Å². The number of methoxy groups -OCH3 is 2. The Morgan fingerprint density at radius 1 is 0.878 bits per heavy atom. The van der Waals surface area contributed by atoms with Gasteiger partial charge in [0, 0.05) is 30.8 Å². The Morgan fingerprint density at radius 3 is 2.15 bits per heavy atom. The van der Waals surface area contributed by atoms with E-state index in [-0.39, 0.29) is 28.3 Å². The number of ether oxygens (including phenoxy) is 3. The molecule has 7 nitrogen and oxygen atoms in total. The number of likely N-dealkylation sites (tertiary alicyclic amines) is 1. The summed E-state index contributed by atoms with van der Waals surface area (Å²) in [7, 11) is -0.304. The Morgan fingerprint density at radius 2 is 1.56 bits per heavy atom. The van der Waals surface area contributed by atoms with Crippen molar-refractivity contribution in [2.24, 2.45) is 0 Å².